The van der Waals surface area contributed by atoms with E-state index in [1.807, 2.05) is 11.3 Å². The fourth-order valence-corrected chi connectivity index (χ4v) is 8.90. The summed E-state index contributed by atoms with van der Waals surface area (Å²) < 4.78 is 3.61. The predicted molar refractivity (Wildman–Crippen MR) is 234 cm³/mol. The summed E-state index contributed by atoms with van der Waals surface area (Å²) in [6.45, 7) is 0. The van der Waals surface area contributed by atoms with Gasteiger partial charge in [-0.3, -0.25) is 0 Å². The van der Waals surface area contributed by atoms with Crippen molar-refractivity contribution in [2.75, 3.05) is 0 Å². The van der Waals surface area contributed by atoms with Crippen molar-refractivity contribution in [3.05, 3.63) is 194 Å². The van der Waals surface area contributed by atoms with Gasteiger partial charge < -0.3 is 4.57 Å². The van der Waals surface area contributed by atoms with Gasteiger partial charge in [0, 0.05) is 42.7 Å². The quantitative estimate of drug-likeness (QED) is 0.171. The summed E-state index contributed by atoms with van der Waals surface area (Å²) in [6, 6.07) is 68.7. The molecule has 0 saturated carbocycles. The van der Waals surface area contributed by atoms with Gasteiger partial charge in [0.2, 0.25) is 0 Å². The molecule has 11 rings (SSSR count). The molecule has 0 unspecified atom stereocenters. The molecule has 0 fully saturated rings. The number of fused-ring (bicyclic) bond motifs is 5. The molecule has 3 heterocycles. The molecule has 56 heavy (non-hydrogen) atoms. The third-order valence-corrected chi connectivity index (χ3v) is 11.8. The molecule has 0 aliphatic heterocycles. The van der Waals surface area contributed by atoms with Crippen molar-refractivity contribution < 1.29 is 0 Å². The number of nitrogens with zero attached hydrogens (tertiary/aromatic N) is 4. The maximum atomic E-state index is 5.19. The number of benzene rings is 8. The Hall–Kier alpha value is -7.21. The molecule has 0 saturated heterocycles. The lowest BCUT2D eigenvalue weighted by molar-refractivity contribution is 1.07. The third kappa shape index (κ3) is 5.65. The summed E-state index contributed by atoms with van der Waals surface area (Å²) in [5.74, 6) is 1.91. The Bertz CT molecular complexity index is 3200. The standard InChI is InChI=1S/C51H32N4S/c1-3-11-33(12-4-1)36-23-24-38-30-40(26-25-37(38)29-36)50-52-49(35-21-19-34(20-22-35)48-32-39-13-7-10-18-47(39)56-48)53-51(54-50)41-27-28-46-44(31-41)43-16-8-9-17-45(43)55(46)42-14-5-2-6-15-42/h1-32H. The van der Waals surface area contributed by atoms with Gasteiger partial charge in [-0.1, -0.05) is 133 Å². The minimum Gasteiger partial charge on any atom is -0.309 e. The van der Waals surface area contributed by atoms with Gasteiger partial charge in [-0.15, -0.1) is 11.3 Å². The highest BCUT2D eigenvalue weighted by atomic mass is 32.1. The lowest BCUT2D eigenvalue weighted by atomic mass is 10.00. The van der Waals surface area contributed by atoms with E-state index in [1.165, 1.54) is 42.4 Å². The lowest BCUT2D eigenvalue weighted by Gasteiger charge is -2.11. The highest BCUT2D eigenvalue weighted by Gasteiger charge is 2.17. The first-order valence-corrected chi connectivity index (χ1v) is 19.6. The van der Waals surface area contributed by atoms with Crippen molar-refractivity contribution in [2.24, 2.45) is 0 Å². The van der Waals surface area contributed by atoms with Gasteiger partial charge in [-0.05, 0) is 93.5 Å². The third-order valence-electron chi connectivity index (χ3n) is 10.6. The van der Waals surface area contributed by atoms with Gasteiger partial charge in [0.1, 0.15) is 0 Å². The SMILES string of the molecule is c1ccc(-c2ccc3cc(-c4nc(-c5ccc(-c6cc7ccccc7s6)cc5)nc(-c5ccc6c(c5)c5ccccc5n6-c5ccccc5)n4)ccc3c2)cc1. The molecule has 8 aromatic carbocycles. The summed E-state index contributed by atoms with van der Waals surface area (Å²) in [5, 5.41) is 5.90. The predicted octanol–water partition coefficient (Wildman–Crippen LogP) is 13.7. The van der Waals surface area contributed by atoms with Crippen LogP contribution in [-0.2, 0) is 0 Å². The van der Waals surface area contributed by atoms with E-state index in [-0.39, 0.29) is 0 Å². The van der Waals surface area contributed by atoms with Crippen molar-refractivity contribution in [1.82, 2.24) is 19.5 Å². The number of thiophene rings is 1. The molecule has 0 amide bonds. The van der Waals surface area contributed by atoms with Gasteiger partial charge in [-0.25, -0.2) is 15.0 Å². The summed E-state index contributed by atoms with van der Waals surface area (Å²) in [6.07, 6.45) is 0. The molecule has 0 aliphatic carbocycles. The molecule has 5 heteroatoms. The Balaban J connectivity index is 1.05. The van der Waals surface area contributed by atoms with E-state index in [1.54, 1.807) is 0 Å². The number of hydrogen-bond acceptors (Lipinski definition) is 4. The zero-order chi connectivity index (χ0) is 37.0. The molecule has 0 aliphatic rings. The van der Waals surface area contributed by atoms with Crippen molar-refractivity contribution >= 4 is 54.0 Å². The molecule has 11 aromatic rings. The molecule has 0 spiro atoms. The second kappa shape index (κ2) is 13.3. The van der Waals surface area contributed by atoms with E-state index in [2.05, 4.69) is 199 Å². The number of rotatable bonds is 6. The van der Waals surface area contributed by atoms with Crippen LogP contribution in [0.1, 0.15) is 0 Å². The zero-order valence-electron chi connectivity index (χ0n) is 30.2. The Kier molecular flexibility index (Phi) is 7.64. The van der Waals surface area contributed by atoms with E-state index in [0.717, 1.165) is 44.2 Å². The minimum absolute atomic E-state index is 0.636. The van der Waals surface area contributed by atoms with Crippen molar-refractivity contribution in [1.29, 1.82) is 0 Å². The van der Waals surface area contributed by atoms with Gasteiger partial charge in [0.05, 0.1) is 11.0 Å². The van der Waals surface area contributed by atoms with Crippen LogP contribution in [0, 0.1) is 0 Å². The lowest BCUT2D eigenvalue weighted by Crippen LogP contribution is -2.00. The maximum Gasteiger partial charge on any atom is 0.164 e. The Morgan fingerprint density at radius 2 is 0.893 bits per heavy atom. The zero-order valence-corrected chi connectivity index (χ0v) is 31.0. The van der Waals surface area contributed by atoms with Crippen molar-refractivity contribution in [3.8, 4) is 61.4 Å². The first-order chi connectivity index (χ1) is 27.7. The van der Waals surface area contributed by atoms with Crippen LogP contribution in [0.2, 0.25) is 0 Å². The van der Waals surface area contributed by atoms with Crippen LogP contribution in [0.3, 0.4) is 0 Å². The summed E-state index contributed by atoms with van der Waals surface area (Å²) in [5.41, 5.74) is 9.81. The summed E-state index contributed by atoms with van der Waals surface area (Å²) in [4.78, 5) is 16.7. The Morgan fingerprint density at radius 3 is 1.66 bits per heavy atom. The van der Waals surface area contributed by atoms with Crippen LogP contribution in [-0.4, -0.2) is 19.5 Å². The van der Waals surface area contributed by atoms with Crippen LogP contribution >= 0.6 is 11.3 Å². The van der Waals surface area contributed by atoms with Gasteiger partial charge in [-0.2, -0.15) is 0 Å². The van der Waals surface area contributed by atoms with Crippen LogP contribution < -0.4 is 0 Å². The fourth-order valence-electron chi connectivity index (χ4n) is 7.83. The van der Waals surface area contributed by atoms with Gasteiger partial charge in [0.25, 0.3) is 0 Å². The summed E-state index contributed by atoms with van der Waals surface area (Å²) >= 11 is 1.81. The second-order valence-corrected chi connectivity index (χ2v) is 15.2. The fraction of sp³-hybridized carbons (Fsp3) is 0. The molecule has 0 bridgehead atoms. The largest absolute Gasteiger partial charge is 0.309 e. The van der Waals surface area contributed by atoms with Gasteiger partial charge in [0.15, 0.2) is 17.5 Å². The molecule has 262 valence electrons. The molecular formula is C51H32N4S. The van der Waals surface area contributed by atoms with E-state index in [9.17, 15) is 0 Å². The highest BCUT2D eigenvalue weighted by Crippen LogP contribution is 2.37. The van der Waals surface area contributed by atoms with E-state index in [4.69, 9.17) is 15.0 Å². The number of hydrogen-bond donors (Lipinski definition) is 0. The van der Waals surface area contributed by atoms with E-state index in [0.29, 0.717) is 17.5 Å². The topological polar surface area (TPSA) is 43.6 Å². The first-order valence-electron chi connectivity index (χ1n) is 18.8. The average molecular weight is 733 g/mol. The molecule has 4 nitrogen and oxygen atoms in total. The van der Waals surface area contributed by atoms with Crippen molar-refractivity contribution in [3.63, 3.8) is 0 Å². The number of para-hydroxylation sites is 2. The van der Waals surface area contributed by atoms with Gasteiger partial charge >= 0.3 is 0 Å². The minimum atomic E-state index is 0.636. The molecule has 0 radical (unpaired) electrons. The Morgan fingerprint density at radius 1 is 0.339 bits per heavy atom. The smallest absolute Gasteiger partial charge is 0.164 e. The average Bonchev–Trinajstić information content (AvgIpc) is 3.86. The van der Waals surface area contributed by atoms with Crippen LogP contribution in [0.4, 0.5) is 0 Å². The van der Waals surface area contributed by atoms with Crippen LogP contribution in [0.15, 0.2) is 194 Å². The Labute approximate surface area is 327 Å². The number of aromatic nitrogens is 4. The molecule has 0 atom stereocenters. The maximum absolute atomic E-state index is 5.19. The molecular weight excluding hydrogens is 701 g/mol. The van der Waals surface area contributed by atoms with Crippen LogP contribution in [0.5, 0.6) is 0 Å². The second-order valence-electron chi connectivity index (χ2n) is 14.1. The summed E-state index contributed by atoms with van der Waals surface area (Å²) in [7, 11) is 0. The van der Waals surface area contributed by atoms with E-state index >= 15 is 0 Å². The first kappa shape index (κ1) is 32.2. The van der Waals surface area contributed by atoms with Crippen molar-refractivity contribution in [2.45, 2.75) is 0 Å². The normalized spacial score (nSPS) is 11.6. The monoisotopic (exact) mass is 732 g/mol. The van der Waals surface area contributed by atoms with E-state index < -0.39 is 0 Å². The molecule has 3 aromatic heterocycles. The van der Waals surface area contributed by atoms with Crippen LogP contribution in [0.25, 0.3) is 104 Å². The molecule has 0 N–H and O–H groups in total. The highest BCUT2D eigenvalue weighted by molar-refractivity contribution is 7.22.